The van der Waals surface area contributed by atoms with Gasteiger partial charge in [0.2, 0.25) is 0 Å². The van der Waals surface area contributed by atoms with Crippen molar-refractivity contribution in [3.8, 4) is 0 Å². The lowest BCUT2D eigenvalue weighted by atomic mass is 9.81. The fourth-order valence-corrected chi connectivity index (χ4v) is 4.24. The van der Waals surface area contributed by atoms with Gasteiger partial charge in [0.1, 0.15) is 0 Å². The van der Waals surface area contributed by atoms with Crippen molar-refractivity contribution in [3.63, 3.8) is 0 Å². The molecule has 0 amide bonds. The second kappa shape index (κ2) is 6.35. The number of halogens is 1. The second-order valence-corrected chi connectivity index (χ2v) is 7.16. The van der Waals surface area contributed by atoms with Gasteiger partial charge in [-0.25, -0.2) is 0 Å². The smallest absolute Gasteiger partial charge is 0.0420 e. The number of pyridine rings is 1. The maximum absolute atomic E-state index is 5.82. The molecule has 2 atom stereocenters. The summed E-state index contributed by atoms with van der Waals surface area (Å²) in [5, 5.41) is 2.20. The number of nitrogens with one attached hydrogen (secondary N) is 1. The molecule has 0 spiro atoms. The number of hydrazine groups is 1. The largest absolute Gasteiger partial charge is 0.271 e. The Balaban J connectivity index is 1.79. The predicted molar refractivity (Wildman–Crippen MR) is 86.8 cm³/mol. The molecule has 2 aromatic rings. The van der Waals surface area contributed by atoms with E-state index in [2.05, 4.69) is 43.9 Å². The number of aryl methyl sites for hydroxylation is 1. The van der Waals surface area contributed by atoms with Crippen LogP contribution in [-0.2, 0) is 12.8 Å². The third kappa shape index (κ3) is 2.96. The Kier molecular flexibility index (Phi) is 4.51. The maximum atomic E-state index is 5.82. The van der Waals surface area contributed by atoms with E-state index in [9.17, 15) is 0 Å². The van der Waals surface area contributed by atoms with E-state index in [0.717, 1.165) is 16.6 Å². The molecule has 0 fully saturated rings. The first-order valence-electron chi connectivity index (χ1n) is 6.90. The average molecular weight is 352 g/mol. The number of thiophene rings is 1. The van der Waals surface area contributed by atoms with Gasteiger partial charge in [-0.1, -0.05) is 0 Å². The molecule has 3 nitrogen and oxygen atoms in total. The molecule has 3 rings (SSSR count). The highest BCUT2D eigenvalue weighted by Gasteiger charge is 2.28. The number of aromatic nitrogens is 1. The van der Waals surface area contributed by atoms with Crippen LogP contribution in [0.15, 0.2) is 34.2 Å². The first kappa shape index (κ1) is 14.2. The van der Waals surface area contributed by atoms with E-state index in [1.54, 1.807) is 0 Å². The predicted octanol–water partition coefficient (Wildman–Crippen LogP) is 3.40. The van der Waals surface area contributed by atoms with Crippen LogP contribution in [-0.4, -0.2) is 11.0 Å². The summed E-state index contributed by atoms with van der Waals surface area (Å²) >= 11 is 5.29. The molecule has 5 heteroatoms. The lowest BCUT2D eigenvalue weighted by molar-refractivity contribution is 0.395. The van der Waals surface area contributed by atoms with Crippen molar-refractivity contribution >= 4 is 27.3 Å². The Hall–Kier alpha value is -0.750. The quantitative estimate of drug-likeness (QED) is 0.655. The maximum Gasteiger partial charge on any atom is 0.0420 e. The topological polar surface area (TPSA) is 50.9 Å². The molecule has 20 heavy (non-hydrogen) atoms. The molecule has 3 N–H and O–H groups in total. The molecule has 0 bridgehead atoms. The second-order valence-electron chi connectivity index (χ2n) is 5.24. The lowest BCUT2D eigenvalue weighted by Crippen LogP contribution is -2.42. The summed E-state index contributed by atoms with van der Waals surface area (Å²) < 4.78 is 1.01. The van der Waals surface area contributed by atoms with Crippen LogP contribution in [0.5, 0.6) is 0 Å². The SMILES string of the molecule is NNC(Cc1ccc(Br)cn1)C1CCCc2sccc21. The van der Waals surface area contributed by atoms with Crippen LogP contribution in [0.2, 0.25) is 0 Å². The van der Waals surface area contributed by atoms with Crippen molar-refractivity contribution in [2.24, 2.45) is 5.84 Å². The normalized spacial score (nSPS) is 19.6. The number of rotatable bonds is 4. The Morgan fingerprint density at radius 1 is 1.45 bits per heavy atom. The molecule has 2 heterocycles. The summed E-state index contributed by atoms with van der Waals surface area (Å²) in [5.74, 6) is 6.32. The number of nitrogens with zero attached hydrogens (tertiary/aromatic N) is 1. The molecule has 0 aliphatic heterocycles. The van der Waals surface area contributed by atoms with Crippen LogP contribution in [0.3, 0.4) is 0 Å². The monoisotopic (exact) mass is 351 g/mol. The number of fused-ring (bicyclic) bond motifs is 1. The molecule has 2 unspecified atom stereocenters. The zero-order valence-electron chi connectivity index (χ0n) is 11.2. The van der Waals surface area contributed by atoms with Crippen molar-refractivity contribution in [3.05, 3.63) is 50.4 Å². The highest BCUT2D eigenvalue weighted by Crippen LogP contribution is 2.37. The van der Waals surface area contributed by atoms with Gasteiger partial charge >= 0.3 is 0 Å². The Labute approximate surface area is 131 Å². The van der Waals surface area contributed by atoms with Gasteiger partial charge in [-0.2, -0.15) is 0 Å². The van der Waals surface area contributed by atoms with E-state index < -0.39 is 0 Å². The molecule has 0 saturated heterocycles. The van der Waals surface area contributed by atoms with Gasteiger partial charge in [0.15, 0.2) is 0 Å². The molecular formula is C15H18BrN3S. The van der Waals surface area contributed by atoms with E-state index in [1.807, 2.05) is 23.6 Å². The first-order chi connectivity index (χ1) is 9.78. The number of hydrogen-bond donors (Lipinski definition) is 2. The zero-order chi connectivity index (χ0) is 13.9. The molecule has 0 saturated carbocycles. The minimum atomic E-state index is 0.248. The van der Waals surface area contributed by atoms with Crippen molar-refractivity contribution in [2.45, 2.75) is 37.6 Å². The summed E-state index contributed by atoms with van der Waals surface area (Å²) in [7, 11) is 0. The molecular weight excluding hydrogens is 334 g/mol. The van der Waals surface area contributed by atoms with Crippen LogP contribution < -0.4 is 11.3 Å². The van der Waals surface area contributed by atoms with Gasteiger partial charge < -0.3 is 0 Å². The van der Waals surface area contributed by atoms with E-state index in [-0.39, 0.29) is 6.04 Å². The molecule has 0 radical (unpaired) electrons. The van der Waals surface area contributed by atoms with E-state index in [4.69, 9.17) is 5.84 Å². The molecule has 1 aliphatic rings. The number of hydrogen-bond acceptors (Lipinski definition) is 4. The van der Waals surface area contributed by atoms with Crippen molar-refractivity contribution in [1.29, 1.82) is 0 Å². The van der Waals surface area contributed by atoms with Crippen LogP contribution in [0.1, 0.15) is 34.9 Å². The standard InChI is InChI=1S/C15H18BrN3S/c16-10-4-5-11(18-9-10)8-14(19-17)12-2-1-3-15-13(12)6-7-20-15/h4-7,9,12,14,19H,1-3,8,17H2. The summed E-state index contributed by atoms with van der Waals surface area (Å²) in [6, 6.07) is 6.61. The Morgan fingerprint density at radius 3 is 3.10 bits per heavy atom. The van der Waals surface area contributed by atoms with Gasteiger partial charge in [-0.05, 0) is 64.3 Å². The highest BCUT2D eigenvalue weighted by atomic mass is 79.9. The first-order valence-corrected chi connectivity index (χ1v) is 8.58. The van der Waals surface area contributed by atoms with Crippen molar-refractivity contribution in [1.82, 2.24) is 10.4 Å². The van der Waals surface area contributed by atoms with Crippen molar-refractivity contribution in [2.75, 3.05) is 0 Å². The van der Waals surface area contributed by atoms with Crippen LogP contribution >= 0.6 is 27.3 Å². The Morgan fingerprint density at radius 2 is 2.35 bits per heavy atom. The van der Waals surface area contributed by atoms with Gasteiger partial charge in [-0.3, -0.25) is 16.3 Å². The van der Waals surface area contributed by atoms with Crippen molar-refractivity contribution < 1.29 is 0 Å². The fraction of sp³-hybridized carbons (Fsp3) is 0.400. The Bertz CT molecular complexity index is 567. The van der Waals surface area contributed by atoms with Gasteiger partial charge in [0.05, 0.1) is 0 Å². The van der Waals surface area contributed by atoms with Crippen LogP contribution in [0, 0.1) is 0 Å². The summed E-state index contributed by atoms with van der Waals surface area (Å²) in [4.78, 5) is 6.00. The van der Waals surface area contributed by atoms with Crippen LogP contribution in [0.25, 0.3) is 0 Å². The summed E-state index contributed by atoms with van der Waals surface area (Å²) in [6.45, 7) is 0. The average Bonchev–Trinajstić information content (AvgIpc) is 2.95. The summed E-state index contributed by atoms with van der Waals surface area (Å²) in [5.41, 5.74) is 5.59. The molecule has 2 aromatic heterocycles. The van der Waals surface area contributed by atoms with E-state index in [1.165, 1.54) is 29.7 Å². The van der Waals surface area contributed by atoms with E-state index >= 15 is 0 Å². The fourth-order valence-electron chi connectivity index (χ4n) is 3.01. The van der Waals surface area contributed by atoms with Gasteiger partial charge in [0, 0.05) is 39.6 Å². The third-order valence-electron chi connectivity index (χ3n) is 4.02. The summed E-state index contributed by atoms with van der Waals surface area (Å²) in [6.07, 6.45) is 6.39. The minimum absolute atomic E-state index is 0.248. The van der Waals surface area contributed by atoms with Gasteiger partial charge in [-0.15, -0.1) is 11.3 Å². The minimum Gasteiger partial charge on any atom is -0.271 e. The zero-order valence-corrected chi connectivity index (χ0v) is 13.6. The highest BCUT2D eigenvalue weighted by molar-refractivity contribution is 9.10. The molecule has 0 aromatic carbocycles. The molecule has 106 valence electrons. The van der Waals surface area contributed by atoms with E-state index in [0.29, 0.717) is 5.92 Å². The molecule has 1 aliphatic carbocycles. The van der Waals surface area contributed by atoms with Crippen LogP contribution in [0.4, 0.5) is 0 Å². The number of nitrogens with two attached hydrogens (primary N) is 1. The third-order valence-corrected chi connectivity index (χ3v) is 5.48. The lowest BCUT2D eigenvalue weighted by Gasteiger charge is -2.30. The van der Waals surface area contributed by atoms with Gasteiger partial charge in [0.25, 0.3) is 0 Å².